The van der Waals surface area contributed by atoms with Gasteiger partial charge >= 0.3 is 0 Å². The monoisotopic (exact) mass is 193 g/mol. The number of ether oxygens (including phenoxy) is 2. The van der Waals surface area contributed by atoms with Crippen molar-refractivity contribution in [2.24, 2.45) is 5.73 Å². The van der Waals surface area contributed by atoms with Crippen molar-refractivity contribution in [3.8, 4) is 11.5 Å². The van der Waals surface area contributed by atoms with Gasteiger partial charge in [-0.25, -0.2) is 0 Å². The Kier molecular flexibility index (Phi) is 2.59. The second-order valence-electron chi connectivity index (χ2n) is 3.66. The van der Waals surface area contributed by atoms with Crippen LogP contribution in [0.5, 0.6) is 11.5 Å². The number of benzene rings is 1. The Morgan fingerprint density at radius 1 is 1.29 bits per heavy atom. The Balaban J connectivity index is 2.20. The van der Waals surface area contributed by atoms with Gasteiger partial charge in [0, 0.05) is 6.04 Å². The summed E-state index contributed by atoms with van der Waals surface area (Å²) in [5.41, 5.74) is 6.93. The summed E-state index contributed by atoms with van der Waals surface area (Å²) < 4.78 is 10.9. The average Bonchev–Trinajstić information content (AvgIpc) is 2.17. The van der Waals surface area contributed by atoms with Crippen molar-refractivity contribution < 1.29 is 9.47 Å². The van der Waals surface area contributed by atoms with E-state index in [0.717, 1.165) is 17.9 Å². The standard InChI is InChI=1S/C11H15NO2/c1-8(12)6-9-2-3-10-11(7-9)14-5-4-13-10/h2-3,7-8H,4-6,12H2,1H3/t8-/m0/s1. The van der Waals surface area contributed by atoms with Crippen molar-refractivity contribution in [2.75, 3.05) is 13.2 Å². The average molecular weight is 193 g/mol. The number of rotatable bonds is 2. The molecule has 0 radical (unpaired) electrons. The molecule has 1 aliphatic heterocycles. The van der Waals surface area contributed by atoms with Gasteiger partial charge in [0.15, 0.2) is 11.5 Å². The summed E-state index contributed by atoms with van der Waals surface area (Å²) in [4.78, 5) is 0. The quantitative estimate of drug-likeness (QED) is 0.771. The van der Waals surface area contributed by atoms with Gasteiger partial charge in [-0.3, -0.25) is 0 Å². The molecular weight excluding hydrogens is 178 g/mol. The van der Waals surface area contributed by atoms with Crippen molar-refractivity contribution in [2.45, 2.75) is 19.4 Å². The molecule has 2 N–H and O–H groups in total. The Labute approximate surface area is 83.8 Å². The predicted molar refractivity (Wildman–Crippen MR) is 54.8 cm³/mol. The second-order valence-corrected chi connectivity index (χ2v) is 3.66. The maximum absolute atomic E-state index is 5.73. The Hall–Kier alpha value is -1.22. The molecule has 0 unspecified atom stereocenters. The summed E-state index contributed by atoms with van der Waals surface area (Å²) in [6.45, 7) is 3.27. The van der Waals surface area contributed by atoms with Crippen LogP contribution in [0.2, 0.25) is 0 Å². The summed E-state index contributed by atoms with van der Waals surface area (Å²) in [6.07, 6.45) is 0.872. The summed E-state index contributed by atoms with van der Waals surface area (Å²) >= 11 is 0. The van der Waals surface area contributed by atoms with Crippen LogP contribution < -0.4 is 15.2 Å². The van der Waals surface area contributed by atoms with E-state index in [2.05, 4.69) is 0 Å². The molecule has 1 atom stereocenters. The van der Waals surface area contributed by atoms with Crippen molar-refractivity contribution in [1.82, 2.24) is 0 Å². The second kappa shape index (κ2) is 3.88. The molecule has 0 spiro atoms. The maximum atomic E-state index is 5.73. The molecule has 14 heavy (non-hydrogen) atoms. The van der Waals surface area contributed by atoms with Gasteiger partial charge in [0.05, 0.1) is 0 Å². The van der Waals surface area contributed by atoms with E-state index < -0.39 is 0 Å². The number of fused-ring (bicyclic) bond motifs is 1. The maximum Gasteiger partial charge on any atom is 0.161 e. The highest BCUT2D eigenvalue weighted by Gasteiger charge is 2.11. The lowest BCUT2D eigenvalue weighted by molar-refractivity contribution is 0.171. The first-order chi connectivity index (χ1) is 6.75. The van der Waals surface area contributed by atoms with Gasteiger partial charge in [-0.05, 0) is 31.0 Å². The first-order valence-electron chi connectivity index (χ1n) is 4.90. The van der Waals surface area contributed by atoms with Crippen LogP contribution in [0.15, 0.2) is 18.2 Å². The van der Waals surface area contributed by atoms with E-state index >= 15 is 0 Å². The number of nitrogens with two attached hydrogens (primary N) is 1. The molecular formula is C11H15NO2. The van der Waals surface area contributed by atoms with Crippen molar-refractivity contribution in [3.05, 3.63) is 23.8 Å². The Morgan fingerprint density at radius 2 is 2.00 bits per heavy atom. The van der Waals surface area contributed by atoms with Gasteiger partial charge in [0.2, 0.25) is 0 Å². The van der Waals surface area contributed by atoms with E-state index in [1.807, 2.05) is 25.1 Å². The highest BCUT2D eigenvalue weighted by Crippen LogP contribution is 2.30. The van der Waals surface area contributed by atoms with Crippen LogP contribution in [0.3, 0.4) is 0 Å². The number of hydrogen-bond donors (Lipinski definition) is 1. The van der Waals surface area contributed by atoms with Crippen LogP contribution >= 0.6 is 0 Å². The van der Waals surface area contributed by atoms with Crippen molar-refractivity contribution >= 4 is 0 Å². The molecule has 0 amide bonds. The van der Waals surface area contributed by atoms with E-state index in [1.165, 1.54) is 5.56 Å². The van der Waals surface area contributed by atoms with Gasteiger partial charge in [-0.1, -0.05) is 6.07 Å². The molecule has 3 heteroatoms. The lowest BCUT2D eigenvalue weighted by Crippen LogP contribution is -2.19. The molecule has 0 bridgehead atoms. The zero-order valence-electron chi connectivity index (χ0n) is 8.32. The minimum absolute atomic E-state index is 0.178. The summed E-state index contributed by atoms with van der Waals surface area (Å²) in [6, 6.07) is 6.18. The van der Waals surface area contributed by atoms with E-state index in [1.54, 1.807) is 0 Å². The van der Waals surface area contributed by atoms with Gasteiger partial charge in [0.25, 0.3) is 0 Å². The molecule has 1 aromatic carbocycles. The molecule has 2 rings (SSSR count). The van der Waals surface area contributed by atoms with E-state index in [0.29, 0.717) is 13.2 Å². The molecule has 76 valence electrons. The highest BCUT2D eigenvalue weighted by atomic mass is 16.6. The van der Waals surface area contributed by atoms with E-state index in [9.17, 15) is 0 Å². The molecule has 1 aromatic rings. The summed E-state index contributed by atoms with van der Waals surface area (Å²) in [5.74, 6) is 1.68. The SMILES string of the molecule is C[C@H](N)Cc1ccc2c(c1)OCCO2. The topological polar surface area (TPSA) is 44.5 Å². The third-order valence-corrected chi connectivity index (χ3v) is 2.16. The van der Waals surface area contributed by atoms with E-state index in [-0.39, 0.29) is 6.04 Å². The Morgan fingerprint density at radius 3 is 2.71 bits per heavy atom. The minimum atomic E-state index is 0.178. The molecule has 0 fully saturated rings. The lowest BCUT2D eigenvalue weighted by atomic mass is 10.1. The van der Waals surface area contributed by atoms with Crippen LogP contribution in [0, 0.1) is 0 Å². The largest absolute Gasteiger partial charge is 0.486 e. The number of hydrogen-bond acceptors (Lipinski definition) is 3. The van der Waals surface area contributed by atoms with Gasteiger partial charge in [0.1, 0.15) is 13.2 Å². The highest BCUT2D eigenvalue weighted by molar-refractivity contribution is 5.43. The summed E-state index contributed by atoms with van der Waals surface area (Å²) in [7, 11) is 0. The molecule has 1 aliphatic rings. The molecule has 0 saturated carbocycles. The predicted octanol–water partition coefficient (Wildman–Crippen LogP) is 1.35. The normalized spacial score (nSPS) is 16.4. The first-order valence-corrected chi connectivity index (χ1v) is 4.90. The smallest absolute Gasteiger partial charge is 0.161 e. The third-order valence-electron chi connectivity index (χ3n) is 2.16. The lowest BCUT2D eigenvalue weighted by Gasteiger charge is -2.19. The minimum Gasteiger partial charge on any atom is -0.486 e. The zero-order valence-corrected chi connectivity index (χ0v) is 8.32. The fraction of sp³-hybridized carbons (Fsp3) is 0.455. The van der Waals surface area contributed by atoms with Gasteiger partial charge in [-0.2, -0.15) is 0 Å². The molecule has 3 nitrogen and oxygen atoms in total. The van der Waals surface area contributed by atoms with Crippen LogP contribution in [0.4, 0.5) is 0 Å². The zero-order chi connectivity index (χ0) is 9.97. The molecule has 0 aromatic heterocycles. The molecule has 0 saturated heterocycles. The van der Waals surface area contributed by atoms with Gasteiger partial charge in [-0.15, -0.1) is 0 Å². The summed E-state index contributed by atoms with van der Waals surface area (Å²) in [5, 5.41) is 0. The van der Waals surface area contributed by atoms with Crippen LogP contribution in [0.1, 0.15) is 12.5 Å². The molecule has 1 heterocycles. The van der Waals surface area contributed by atoms with Gasteiger partial charge < -0.3 is 15.2 Å². The van der Waals surface area contributed by atoms with E-state index in [4.69, 9.17) is 15.2 Å². The van der Waals surface area contributed by atoms with Crippen molar-refractivity contribution in [1.29, 1.82) is 0 Å². The van der Waals surface area contributed by atoms with Crippen LogP contribution in [-0.2, 0) is 6.42 Å². The van der Waals surface area contributed by atoms with Crippen LogP contribution in [0.25, 0.3) is 0 Å². The molecule has 0 aliphatic carbocycles. The fourth-order valence-electron chi connectivity index (χ4n) is 1.59. The van der Waals surface area contributed by atoms with Crippen molar-refractivity contribution in [3.63, 3.8) is 0 Å². The Bertz CT molecular complexity index is 323. The fourth-order valence-corrected chi connectivity index (χ4v) is 1.59. The third kappa shape index (κ3) is 1.99. The van der Waals surface area contributed by atoms with Crippen LogP contribution in [-0.4, -0.2) is 19.3 Å². The first kappa shape index (κ1) is 9.34.